The Morgan fingerprint density at radius 1 is 1.33 bits per heavy atom. The second-order valence-electron chi connectivity index (χ2n) is 3.38. The van der Waals surface area contributed by atoms with E-state index in [2.05, 4.69) is 28.1 Å². The van der Waals surface area contributed by atoms with Gasteiger partial charge in [0.25, 0.3) is 0 Å². The molecule has 0 spiro atoms. The maximum atomic E-state index is 6.07. The zero-order chi connectivity index (χ0) is 8.55. The van der Waals surface area contributed by atoms with Crippen LogP contribution < -0.4 is 5.73 Å². The molecule has 0 bridgehead atoms. The van der Waals surface area contributed by atoms with Crippen LogP contribution >= 0.6 is 15.9 Å². The third-order valence-corrected chi connectivity index (χ3v) is 3.12. The zero-order valence-electron chi connectivity index (χ0n) is 6.83. The SMILES string of the molecule is N[C@H](c1ccccc1Br)C1CC1. The van der Waals surface area contributed by atoms with Gasteiger partial charge in [-0.15, -0.1) is 0 Å². The molecular weight excluding hydrogens is 214 g/mol. The molecule has 1 aromatic carbocycles. The highest BCUT2D eigenvalue weighted by Gasteiger charge is 2.30. The third-order valence-electron chi connectivity index (χ3n) is 2.39. The minimum absolute atomic E-state index is 0.237. The highest BCUT2D eigenvalue weighted by Crippen LogP contribution is 2.41. The maximum absolute atomic E-state index is 6.07. The summed E-state index contributed by atoms with van der Waals surface area (Å²) in [5.74, 6) is 0.726. The second-order valence-corrected chi connectivity index (χ2v) is 4.24. The number of halogens is 1. The molecule has 1 fully saturated rings. The molecule has 2 N–H and O–H groups in total. The van der Waals surface area contributed by atoms with E-state index in [1.807, 2.05) is 12.1 Å². The van der Waals surface area contributed by atoms with Crippen molar-refractivity contribution in [2.75, 3.05) is 0 Å². The van der Waals surface area contributed by atoms with E-state index < -0.39 is 0 Å². The molecule has 0 radical (unpaired) electrons. The third kappa shape index (κ3) is 1.54. The van der Waals surface area contributed by atoms with Crippen molar-refractivity contribution in [3.05, 3.63) is 34.3 Å². The van der Waals surface area contributed by atoms with E-state index in [0.717, 1.165) is 10.4 Å². The molecular formula is C10H12BrN. The average molecular weight is 226 g/mol. The highest BCUT2D eigenvalue weighted by molar-refractivity contribution is 9.10. The van der Waals surface area contributed by atoms with Gasteiger partial charge < -0.3 is 5.73 Å². The quantitative estimate of drug-likeness (QED) is 0.824. The van der Waals surface area contributed by atoms with Crippen molar-refractivity contribution in [3.8, 4) is 0 Å². The Morgan fingerprint density at radius 2 is 2.00 bits per heavy atom. The van der Waals surface area contributed by atoms with Gasteiger partial charge in [0.2, 0.25) is 0 Å². The molecule has 0 saturated heterocycles. The fourth-order valence-corrected chi connectivity index (χ4v) is 2.00. The van der Waals surface area contributed by atoms with Crippen LogP contribution in [0, 0.1) is 5.92 Å². The minimum atomic E-state index is 0.237. The Hall–Kier alpha value is -0.340. The van der Waals surface area contributed by atoms with E-state index in [1.54, 1.807) is 0 Å². The normalized spacial score (nSPS) is 19.2. The Kier molecular flexibility index (Phi) is 2.20. The van der Waals surface area contributed by atoms with E-state index in [1.165, 1.54) is 18.4 Å². The summed E-state index contributed by atoms with van der Waals surface area (Å²) in [6.45, 7) is 0. The summed E-state index contributed by atoms with van der Waals surface area (Å²) >= 11 is 3.51. The van der Waals surface area contributed by atoms with Crippen LogP contribution in [0.25, 0.3) is 0 Å². The molecule has 1 nitrogen and oxygen atoms in total. The maximum Gasteiger partial charge on any atom is 0.0334 e. The van der Waals surface area contributed by atoms with E-state index >= 15 is 0 Å². The van der Waals surface area contributed by atoms with Crippen molar-refractivity contribution in [1.29, 1.82) is 0 Å². The summed E-state index contributed by atoms with van der Waals surface area (Å²) in [6.07, 6.45) is 2.59. The Morgan fingerprint density at radius 3 is 2.58 bits per heavy atom. The van der Waals surface area contributed by atoms with Crippen LogP contribution in [0.1, 0.15) is 24.4 Å². The van der Waals surface area contributed by atoms with Gasteiger partial charge in [-0.1, -0.05) is 34.1 Å². The number of rotatable bonds is 2. The second kappa shape index (κ2) is 3.19. The van der Waals surface area contributed by atoms with Crippen LogP contribution in [0.2, 0.25) is 0 Å². The van der Waals surface area contributed by atoms with Gasteiger partial charge in [0.05, 0.1) is 0 Å². The van der Waals surface area contributed by atoms with Crippen molar-refractivity contribution in [2.24, 2.45) is 11.7 Å². The molecule has 1 saturated carbocycles. The van der Waals surface area contributed by atoms with Gasteiger partial charge in [-0.05, 0) is 30.4 Å². The lowest BCUT2D eigenvalue weighted by molar-refractivity contribution is 0.631. The van der Waals surface area contributed by atoms with Gasteiger partial charge in [0, 0.05) is 10.5 Å². The largest absolute Gasteiger partial charge is 0.324 e. The lowest BCUT2D eigenvalue weighted by Gasteiger charge is -2.11. The fraction of sp³-hybridized carbons (Fsp3) is 0.400. The van der Waals surface area contributed by atoms with Crippen LogP contribution in [0.15, 0.2) is 28.7 Å². The Balaban J connectivity index is 2.25. The highest BCUT2D eigenvalue weighted by atomic mass is 79.9. The number of benzene rings is 1. The number of nitrogens with two attached hydrogens (primary N) is 1. The van der Waals surface area contributed by atoms with Crippen LogP contribution in [-0.2, 0) is 0 Å². The first-order valence-electron chi connectivity index (χ1n) is 4.29. The number of hydrogen-bond acceptors (Lipinski definition) is 1. The van der Waals surface area contributed by atoms with Crippen LogP contribution in [0.3, 0.4) is 0 Å². The van der Waals surface area contributed by atoms with E-state index in [0.29, 0.717) is 0 Å². The number of hydrogen-bond donors (Lipinski definition) is 1. The topological polar surface area (TPSA) is 26.0 Å². The van der Waals surface area contributed by atoms with Gasteiger partial charge >= 0.3 is 0 Å². The summed E-state index contributed by atoms with van der Waals surface area (Å²) < 4.78 is 1.14. The standard InChI is InChI=1S/C10H12BrN/c11-9-4-2-1-3-8(9)10(12)7-5-6-7/h1-4,7,10H,5-6,12H2/t10-/m0/s1. The molecule has 0 unspecified atom stereocenters. The first kappa shape index (κ1) is 8.27. The Labute approximate surface area is 81.1 Å². The summed E-state index contributed by atoms with van der Waals surface area (Å²) in [7, 11) is 0. The molecule has 0 heterocycles. The molecule has 2 heteroatoms. The van der Waals surface area contributed by atoms with Gasteiger partial charge in [0.1, 0.15) is 0 Å². The van der Waals surface area contributed by atoms with E-state index in [4.69, 9.17) is 5.73 Å². The monoisotopic (exact) mass is 225 g/mol. The van der Waals surface area contributed by atoms with Gasteiger partial charge in [-0.25, -0.2) is 0 Å². The van der Waals surface area contributed by atoms with Gasteiger partial charge in [-0.3, -0.25) is 0 Å². The first-order chi connectivity index (χ1) is 5.79. The van der Waals surface area contributed by atoms with Gasteiger partial charge in [0.15, 0.2) is 0 Å². The van der Waals surface area contributed by atoms with Crippen molar-refractivity contribution in [2.45, 2.75) is 18.9 Å². The molecule has 12 heavy (non-hydrogen) atoms. The van der Waals surface area contributed by atoms with Crippen molar-refractivity contribution in [1.82, 2.24) is 0 Å². The molecule has 1 aliphatic carbocycles. The summed E-state index contributed by atoms with van der Waals surface area (Å²) in [6, 6.07) is 8.46. The van der Waals surface area contributed by atoms with Crippen LogP contribution in [0.4, 0.5) is 0 Å². The summed E-state index contributed by atoms with van der Waals surface area (Å²) in [5, 5.41) is 0. The Bertz CT molecular complexity index is 281. The molecule has 0 aliphatic heterocycles. The minimum Gasteiger partial charge on any atom is -0.324 e. The van der Waals surface area contributed by atoms with Gasteiger partial charge in [-0.2, -0.15) is 0 Å². The fourth-order valence-electron chi connectivity index (χ4n) is 1.45. The molecule has 1 aliphatic rings. The molecule has 0 amide bonds. The lowest BCUT2D eigenvalue weighted by Crippen LogP contribution is -2.12. The average Bonchev–Trinajstić information content (AvgIpc) is 2.86. The predicted octanol–water partition coefficient (Wildman–Crippen LogP) is 2.86. The van der Waals surface area contributed by atoms with Crippen molar-refractivity contribution in [3.63, 3.8) is 0 Å². The molecule has 0 aromatic heterocycles. The summed E-state index contributed by atoms with van der Waals surface area (Å²) in [5.41, 5.74) is 7.32. The van der Waals surface area contributed by atoms with E-state index in [9.17, 15) is 0 Å². The van der Waals surface area contributed by atoms with E-state index in [-0.39, 0.29) is 6.04 Å². The van der Waals surface area contributed by atoms with Crippen molar-refractivity contribution >= 4 is 15.9 Å². The van der Waals surface area contributed by atoms with Crippen molar-refractivity contribution < 1.29 is 0 Å². The zero-order valence-corrected chi connectivity index (χ0v) is 8.42. The lowest BCUT2D eigenvalue weighted by atomic mass is 10.0. The molecule has 1 aromatic rings. The molecule has 64 valence electrons. The van der Waals surface area contributed by atoms with Crippen LogP contribution in [0.5, 0.6) is 0 Å². The first-order valence-corrected chi connectivity index (χ1v) is 5.08. The van der Waals surface area contributed by atoms with Crippen LogP contribution in [-0.4, -0.2) is 0 Å². The molecule has 1 atom stereocenters. The predicted molar refractivity (Wildman–Crippen MR) is 53.8 cm³/mol. The summed E-state index contributed by atoms with van der Waals surface area (Å²) in [4.78, 5) is 0. The molecule has 2 rings (SSSR count). The smallest absolute Gasteiger partial charge is 0.0334 e.